The van der Waals surface area contributed by atoms with Crippen LogP contribution in [-0.2, 0) is 10.2 Å². The lowest BCUT2D eigenvalue weighted by Crippen LogP contribution is -2.39. The van der Waals surface area contributed by atoms with Crippen LogP contribution >= 0.6 is 35.3 Å². The average Bonchev–Trinajstić information content (AvgIpc) is 3.26. The topological polar surface area (TPSA) is 91.3 Å². The lowest BCUT2D eigenvalue weighted by atomic mass is 9.90. The van der Waals surface area contributed by atoms with Gasteiger partial charge in [-0.15, -0.1) is 10.2 Å². The number of hydrogen-bond acceptors (Lipinski definition) is 8. The molecule has 1 saturated heterocycles. The third kappa shape index (κ3) is 6.73. The van der Waals surface area contributed by atoms with Gasteiger partial charge in [0.2, 0.25) is 11.0 Å². The summed E-state index contributed by atoms with van der Waals surface area (Å²) in [5, 5.41) is 12.6. The van der Waals surface area contributed by atoms with Crippen LogP contribution in [0.15, 0.2) is 12.1 Å². The molecule has 3 heterocycles. The van der Waals surface area contributed by atoms with E-state index in [1.807, 2.05) is 43.0 Å². The molecular weight excluding hydrogens is 488 g/mol. The molecule has 1 aliphatic heterocycles. The zero-order chi connectivity index (χ0) is 25.0. The number of nitrogens with zero attached hydrogens (tertiary/aromatic N) is 5. The van der Waals surface area contributed by atoms with Crippen molar-refractivity contribution in [2.24, 2.45) is 0 Å². The third-order valence-electron chi connectivity index (χ3n) is 5.51. The first-order valence-electron chi connectivity index (χ1n) is 11.2. The molecule has 184 valence electrons. The molecule has 1 aliphatic rings. The lowest BCUT2D eigenvalue weighted by molar-refractivity contribution is -0.129. The average molecular weight is 521 g/mol. The molecule has 0 aliphatic carbocycles. The summed E-state index contributed by atoms with van der Waals surface area (Å²) in [6.07, 6.45) is 1.52. The van der Waals surface area contributed by atoms with Crippen LogP contribution in [0.25, 0.3) is 0 Å². The monoisotopic (exact) mass is 520 g/mol. The molecule has 2 amide bonds. The van der Waals surface area contributed by atoms with Crippen molar-refractivity contribution in [3.8, 4) is 0 Å². The molecule has 0 aromatic carbocycles. The summed E-state index contributed by atoms with van der Waals surface area (Å²) in [6.45, 7) is 9.39. The number of anilines is 1. The molecule has 0 spiro atoms. The Morgan fingerprint density at radius 3 is 2.50 bits per heavy atom. The van der Waals surface area contributed by atoms with E-state index in [1.165, 1.54) is 23.1 Å². The van der Waals surface area contributed by atoms with Crippen molar-refractivity contribution in [2.45, 2.75) is 51.9 Å². The van der Waals surface area contributed by atoms with E-state index in [1.54, 1.807) is 0 Å². The minimum absolute atomic E-state index is 0.0914. The van der Waals surface area contributed by atoms with Crippen LogP contribution in [0.4, 0.5) is 5.13 Å². The van der Waals surface area contributed by atoms with Crippen molar-refractivity contribution in [1.82, 2.24) is 25.0 Å². The Morgan fingerprint density at radius 1 is 1.24 bits per heavy atom. The number of thiocarbonyl (C=S) groups is 1. The van der Waals surface area contributed by atoms with Gasteiger partial charge in [-0.3, -0.25) is 19.9 Å². The van der Waals surface area contributed by atoms with Crippen LogP contribution < -0.4 is 5.32 Å². The summed E-state index contributed by atoms with van der Waals surface area (Å²) >= 11 is 8.03. The van der Waals surface area contributed by atoms with Crippen LogP contribution in [0, 0.1) is 6.92 Å². The van der Waals surface area contributed by atoms with Crippen LogP contribution in [0.3, 0.4) is 0 Å². The van der Waals surface area contributed by atoms with E-state index in [-0.39, 0.29) is 23.1 Å². The second-order valence-corrected chi connectivity index (χ2v) is 12.2. The molecule has 0 saturated carbocycles. The number of pyridine rings is 1. The van der Waals surface area contributed by atoms with E-state index in [2.05, 4.69) is 36.3 Å². The van der Waals surface area contributed by atoms with E-state index in [0.29, 0.717) is 33.9 Å². The van der Waals surface area contributed by atoms with Gasteiger partial charge in [0.25, 0.3) is 5.91 Å². The van der Waals surface area contributed by atoms with E-state index in [0.717, 1.165) is 29.2 Å². The molecule has 2 aromatic rings. The van der Waals surface area contributed by atoms with Crippen molar-refractivity contribution >= 4 is 56.6 Å². The van der Waals surface area contributed by atoms with Crippen molar-refractivity contribution in [1.29, 1.82) is 0 Å². The molecule has 0 bridgehead atoms. The molecule has 1 fully saturated rings. The van der Waals surface area contributed by atoms with Gasteiger partial charge in [0.15, 0.2) is 0 Å². The molecule has 3 rings (SSSR count). The van der Waals surface area contributed by atoms with Gasteiger partial charge in [0.1, 0.15) is 9.33 Å². The number of likely N-dealkylation sites (tertiary alicyclic amines) is 1. The van der Waals surface area contributed by atoms with Crippen molar-refractivity contribution < 1.29 is 9.59 Å². The van der Waals surface area contributed by atoms with Gasteiger partial charge in [-0.05, 0) is 31.9 Å². The summed E-state index contributed by atoms with van der Waals surface area (Å²) < 4.78 is 0.702. The van der Waals surface area contributed by atoms with Crippen LogP contribution in [0.2, 0.25) is 0 Å². The number of carbonyl (C=O) groups excluding carboxylic acids is 2. The summed E-state index contributed by atoms with van der Waals surface area (Å²) in [5.74, 6) is 0.316. The van der Waals surface area contributed by atoms with E-state index < -0.39 is 0 Å². The summed E-state index contributed by atoms with van der Waals surface area (Å²) in [4.78, 5) is 34.2. The van der Waals surface area contributed by atoms with Gasteiger partial charge in [0, 0.05) is 44.2 Å². The van der Waals surface area contributed by atoms with E-state index in [4.69, 9.17) is 17.2 Å². The Morgan fingerprint density at radius 2 is 1.91 bits per heavy atom. The van der Waals surface area contributed by atoms with Gasteiger partial charge in [0.05, 0.1) is 17.0 Å². The standard InChI is InChI=1S/C23H32N6O2S3/c1-14-7-8-16(19(31)25-21-27-26-20(34-21)23(2,3)4)18(24-14)15-9-11-29(12-10-15)17(30)13-33-22(32)28(5)6/h7-8,15H,9-13H2,1-6H3,(H,25,27,31). The summed E-state index contributed by atoms with van der Waals surface area (Å²) in [6, 6.07) is 3.68. The molecule has 1 N–H and O–H groups in total. The molecule has 0 atom stereocenters. The molecular formula is C23H32N6O2S3. The van der Waals surface area contributed by atoms with Crippen molar-refractivity contribution in [2.75, 3.05) is 38.3 Å². The minimum atomic E-state index is -0.230. The highest BCUT2D eigenvalue weighted by molar-refractivity contribution is 8.23. The second-order valence-electron chi connectivity index (χ2n) is 9.61. The van der Waals surface area contributed by atoms with Gasteiger partial charge in [-0.2, -0.15) is 0 Å². The molecule has 11 heteroatoms. The molecule has 2 aromatic heterocycles. The van der Waals surface area contributed by atoms with Crippen LogP contribution in [0.5, 0.6) is 0 Å². The van der Waals surface area contributed by atoms with Crippen molar-refractivity contribution in [3.05, 3.63) is 34.1 Å². The number of carbonyl (C=O) groups is 2. The van der Waals surface area contributed by atoms with Gasteiger partial charge < -0.3 is 9.80 Å². The molecule has 8 nitrogen and oxygen atoms in total. The Labute approximate surface area is 214 Å². The highest BCUT2D eigenvalue weighted by Gasteiger charge is 2.28. The van der Waals surface area contributed by atoms with Gasteiger partial charge >= 0.3 is 0 Å². The van der Waals surface area contributed by atoms with Gasteiger partial charge in [-0.1, -0.05) is 56.1 Å². The normalized spacial score (nSPS) is 14.7. The first-order chi connectivity index (χ1) is 16.0. The number of amides is 2. The number of aromatic nitrogens is 3. The fraction of sp³-hybridized carbons (Fsp3) is 0.565. The fourth-order valence-corrected chi connectivity index (χ4v) is 5.23. The number of aryl methyl sites for hydroxylation is 1. The first-order valence-corrected chi connectivity index (χ1v) is 13.4. The maximum absolute atomic E-state index is 13.1. The Kier molecular flexibility index (Phi) is 8.64. The fourth-order valence-electron chi connectivity index (χ4n) is 3.57. The highest BCUT2D eigenvalue weighted by atomic mass is 32.2. The predicted octanol–water partition coefficient (Wildman–Crippen LogP) is 4.08. The van der Waals surface area contributed by atoms with E-state index >= 15 is 0 Å². The summed E-state index contributed by atoms with van der Waals surface area (Å²) in [5.41, 5.74) is 2.08. The molecule has 0 unspecified atom stereocenters. The maximum atomic E-state index is 13.1. The highest BCUT2D eigenvalue weighted by Crippen LogP contribution is 2.31. The van der Waals surface area contributed by atoms with Crippen LogP contribution in [-0.4, -0.2) is 74.1 Å². The Bertz CT molecular complexity index is 1060. The largest absolute Gasteiger partial charge is 0.364 e. The zero-order valence-corrected chi connectivity index (χ0v) is 23.0. The Hall–Kier alpha value is -2.11. The van der Waals surface area contributed by atoms with E-state index in [9.17, 15) is 9.59 Å². The van der Waals surface area contributed by atoms with Crippen molar-refractivity contribution in [3.63, 3.8) is 0 Å². The number of thioether (sulfide) groups is 1. The maximum Gasteiger partial charge on any atom is 0.259 e. The minimum Gasteiger partial charge on any atom is -0.364 e. The van der Waals surface area contributed by atoms with Gasteiger partial charge in [-0.25, -0.2) is 0 Å². The predicted molar refractivity (Wildman–Crippen MR) is 143 cm³/mol. The molecule has 34 heavy (non-hydrogen) atoms. The molecule has 0 radical (unpaired) electrons. The third-order valence-corrected chi connectivity index (χ3v) is 8.50. The quantitative estimate of drug-likeness (QED) is 0.590. The number of piperidine rings is 1. The SMILES string of the molecule is Cc1ccc(C(=O)Nc2nnc(C(C)(C)C)s2)c(C2CCN(C(=O)CSC(=S)N(C)C)CC2)n1. The zero-order valence-electron chi connectivity index (χ0n) is 20.5. The second kappa shape index (κ2) is 11.1. The number of rotatable bonds is 5. The first kappa shape index (κ1) is 26.5. The Balaban J connectivity index is 1.66. The summed E-state index contributed by atoms with van der Waals surface area (Å²) in [7, 11) is 3.75. The lowest BCUT2D eigenvalue weighted by Gasteiger charge is -2.32. The van der Waals surface area contributed by atoms with Crippen LogP contribution in [0.1, 0.15) is 66.3 Å². The number of nitrogens with one attached hydrogen (secondary N) is 1. The smallest absolute Gasteiger partial charge is 0.259 e. The number of hydrogen-bond donors (Lipinski definition) is 1.